The summed E-state index contributed by atoms with van der Waals surface area (Å²) in [6.07, 6.45) is 1.86. The van der Waals surface area contributed by atoms with Gasteiger partial charge in [0, 0.05) is 18.1 Å². The van der Waals surface area contributed by atoms with E-state index in [2.05, 4.69) is 26.8 Å². The van der Waals surface area contributed by atoms with Gasteiger partial charge in [-0.1, -0.05) is 16.8 Å². The van der Waals surface area contributed by atoms with Gasteiger partial charge in [0.1, 0.15) is 5.69 Å². The van der Waals surface area contributed by atoms with E-state index in [-0.39, 0.29) is 0 Å². The van der Waals surface area contributed by atoms with Gasteiger partial charge in [-0.15, -0.1) is 5.10 Å². The minimum atomic E-state index is 0.530. The summed E-state index contributed by atoms with van der Waals surface area (Å²) in [7, 11) is 0. The predicted molar refractivity (Wildman–Crippen MR) is 78.5 cm³/mol. The Hall–Kier alpha value is -1.92. The summed E-state index contributed by atoms with van der Waals surface area (Å²) < 4.78 is 3.82. The summed E-state index contributed by atoms with van der Waals surface area (Å²) in [5, 5.41) is 8.90. The molecular formula is C13H15ClN6. The van der Waals surface area contributed by atoms with Crippen molar-refractivity contribution in [1.29, 1.82) is 0 Å². The lowest BCUT2D eigenvalue weighted by atomic mass is 10.3. The first kappa shape index (κ1) is 13.1. The smallest absolute Gasteiger partial charge is 0.163 e. The van der Waals surface area contributed by atoms with Gasteiger partial charge in [-0.05, 0) is 25.1 Å². The highest BCUT2D eigenvalue weighted by Gasteiger charge is 2.14. The highest BCUT2D eigenvalue weighted by atomic mass is 35.5. The summed E-state index contributed by atoms with van der Waals surface area (Å²) in [6.45, 7) is 4.05. The lowest BCUT2D eigenvalue weighted by Gasteiger charge is -2.02. The van der Waals surface area contributed by atoms with Crippen LogP contribution in [0.1, 0.15) is 6.92 Å². The fraction of sp³-hybridized carbons (Fsp3) is 0.308. The van der Waals surface area contributed by atoms with E-state index in [1.165, 1.54) is 0 Å². The number of imidazole rings is 1. The number of aromatic nitrogens is 5. The van der Waals surface area contributed by atoms with Crippen LogP contribution >= 0.6 is 11.6 Å². The first-order valence-electron chi connectivity index (χ1n) is 6.49. The Kier molecular flexibility index (Phi) is 3.42. The van der Waals surface area contributed by atoms with Crippen LogP contribution in [-0.4, -0.2) is 31.1 Å². The summed E-state index contributed by atoms with van der Waals surface area (Å²) >= 11 is 6.02. The second-order valence-corrected chi connectivity index (χ2v) is 4.90. The molecule has 0 fully saturated rings. The number of hydrogen-bond donors (Lipinski definition) is 1. The number of aryl methyl sites for hydroxylation is 1. The Morgan fingerprint density at radius 3 is 2.95 bits per heavy atom. The first-order valence-corrected chi connectivity index (χ1v) is 6.87. The third-order valence-corrected chi connectivity index (χ3v) is 3.39. The molecule has 3 aromatic rings. The van der Waals surface area contributed by atoms with Gasteiger partial charge in [0.05, 0.1) is 23.8 Å². The van der Waals surface area contributed by atoms with Crippen molar-refractivity contribution < 1.29 is 0 Å². The van der Waals surface area contributed by atoms with Crippen molar-refractivity contribution in [2.24, 2.45) is 5.73 Å². The van der Waals surface area contributed by atoms with Gasteiger partial charge < -0.3 is 10.3 Å². The van der Waals surface area contributed by atoms with Crippen molar-refractivity contribution in [3.63, 3.8) is 0 Å². The molecule has 2 N–H and O–H groups in total. The van der Waals surface area contributed by atoms with E-state index < -0.39 is 0 Å². The lowest BCUT2D eigenvalue weighted by Crippen LogP contribution is -2.10. The number of nitrogens with zero attached hydrogens (tertiary/aromatic N) is 5. The normalized spacial score (nSPS) is 11.3. The summed E-state index contributed by atoms with van der Waals surface area (Å²) in [4.78, 5) is 4.62. The second kappa shape index (κ2) is 5.22. The Morgan fingerprint density at radius 1 is 1.35 bits per heavy atom. The van der Waals surface area contributed by atoms with Crippen molar-refractivity contribution in [3.05, 3.63) is 29.4 Å². The maximum Gasteiger partial charge on any atom is 0.163 e. The number of halogens is 1. The minimum Gasteiger partial charge on any atom is -0.329 e. The molecule has 7 heteroatoms. The van der Waals surface area contributed by atoms with Crippen LogP contribution in [0.5, 0.6) is 0 Å². The molecule has 2 aromatic heterocycles. The van der Waals surface area contributed by atoms with Gasteiger partial charge in [0.15, 0.2) is 5.82 Å². The van der Waals surface area contributed by atoms with Crippen LogP contribution in [0.3, 0.4) is 0 Å². The number of fused-ring (bicyclic) bond motifs is 1. The molecule has 104 valence electrons. The van der Waals surface area contributed by atoms with Crippen molar-refractivity contribution in [1.82, 2.24) is 24.5 Å². The number of hydrogen-bond acceptors (Lipinski definition) is 4. The summed E-state index contributed by atoms with van der Waals surface area (Å²) in [5.41, 5.74) is 8.17. The Bertz CT molecular complexity index is 744. The Balaban J connectivity index is 2.13. The molecule has 1 aromatic carbocycles. The molecule has 0 aliphatic heterocycles. The Labute approximate surface area is 121 Å². The SMILES string of the molecule is CCn1c(-c2cn(CCN)nn2)nc2cc(Cl)ccc21. The zero-order valence-electron chi connectivity index (χ0n) is 11.1. The van der Waals surface area contributed by atoms with E-state index in [0.717, 1.165) is 29.1 Å². The van der Waals surface area contributed by atoms with E-state index in [0.29, 0.717) is 18.1 Å². The van der Waals surface area contributed by atoms with E-state index in [9.17, 15) is 0 Å². The molecule has 0 aliphatic rings. The molecule has 0 aliphatic carbocycles. The van der Waals surface area contributed by atoms with Gasteiger partial charge in [-0.3, -0.25) is 4.68 Å². The highest BCUT2D eigenvalue weighted by Crippen LogP contribution is 2.25. The van der Waals surface area contributed by atoms with Crippen molar-refractivity contribution in [2.75, 3.05) is 6.54 Å². The lowest BCUT2D eigenvalue weighted by molar-refractivity contribution is 0.598. The average molecular weight is 291 g/mol. The van der Waals surface area contributed by atoms with Crippen LogP contribution in [0.4, 0.5) is 0 Å². The molecule has 20 heavy (non-hydrogen) atoms. The quantitative estimate of drug-likeness (QED) is 0.797. The van der Waals surface area contributed by atoms with E-state index >= 15 is 0 Å². The predicted octanol–water partition coefficient (Wildman–Crippen LogP) is 1.93. The van der Waals surface area contributed by atoms with Gasteiger partial charge in [0.2, 0.25) is 0 Å². The van der Waals surface area contributed by atoms with E-state index in [4.69, 9.17) is 17.3 Å². The number of nitrogens with two attached hydrogens (primary N) is 1. The Morgan fingerprint density at radius 2 is 2.20 bits per heavy atom. The molecule has 0 spiro atoms. The largest absolute Gasteiger partial charge is 0.329 e. The maximum atomic E-state index is 6.02. The van der Waals surface area contributed by atoms with Crippen LogP contribution in [0.2, 0.25) is 5.02 Å². The molecule has 0 unspecified atom stereocenters. The maximum absolute atomic E-state index is 6.02. The molecule has 0 atom stereocenters. The monoisotopic (exact) mass is 290 g/mol. The fourth-order valence-corrected chi connectivity index (χ4v) is 2.43. The van der Waals surface area contributed by atoms with Crippen LogP contribution in [0.15, 0.2) is 24.4 Å². The molecule has 0 saturated heterocycles. The molecule has 0 amide bonds. The minimum absolute atomic E-state index is 0.530. The van der Waals surface area contributed by atoms with Crippen LogP contribution in [0, 0.1) is 0 Å². The molecule has 0 bridgehead atoms. The van der Waals surface area contributed by atoms with Crippen LogP contribution < -0.4 is 5.73 Å². The summed E-state index contributed by atoms with van der Waals surface area (Å²) in [5.74, 6) is 0.799. The first-order chi connectivity index (χ1) is 9.72. The molecular weight excluding hydrogens is 276 g/mol. The standard InChI is InChI=1S/C13H15ClN6/c1-2-20-12-4-3-9(14)7-10(12)16-13(20)11-8-19(6-5-15)18-17-11/h3-4,7-8H,2,5-6,15H2,1H3. The van der Waals surface area contributed by atoms with E-state index in [1.807, 2.05) is 24.4 Å². The third-order valence-electron chi connectivity index (χ3n) is 3.15. The molecule has 0 saturated carbocycles. The van der Waals surface area contributed by atoms with E-state index in [1.54, 1.807) is 4.68 Å². The number of rotatable bonds is 4. The van der Waals surface area contributed by atoms with Gasteiger partial charge >= 0.3 is 0 Å². The third kappa shape index (κ3) is 2.17. The second-order valence-electron chi connectivity index (χ2n) is 4.47. The molecule has 2 heterocycles. The number of benzene rings is 1. The highest BCUT2D eigenvalue weighted by molar-refractivity contribution is 6.31. The fourth-order valence-electron chi connectivity index (χ4n) is 2.26. The van der Waals surface area contributed by atoms with Gasteiger partial charge in [-0.2, -0.15) is 0 Å². The topological polar surface area (TPSA) is 74.5 Å². The van der Waals surface area contributed by atoms with Crippen molar-refractivity contribution >= 4 is 22.6 Å². The summed E-state index contributed by atoms with van der Waals surface area (Å²) in [6, 6.07) is 5.70. The zero-order valence-corrected chi connectivity index (χ0v) is 11.9. The van der Waals surface area contributed by atoms with Crippen LogP contribution in [-0.2, 0) is 13.1 Å². The van der Waals surface area contributed by atoms with Crippen LogP contribution in [0.25, 0.3) is 22.6 Å². The van der Waals surface area contributed by atoms with Gasteiger partial charge in [-0.25, -0.2) is 4.98 Å². The zero-order chi connectivity index (χ0) is 14.1. The van der Waals surface area contributed by atoms with Gasteiger partial charge in [0.25, 0.3) is 0 Å². The van der Waals surface area contributed by atoms with Crippen molar-refractivity contribution in [3.8, 4) is 11.5 Å². The average Bonchev–Trinajstić information content (AvgIpc) is 3.02. The van der Waals surface area contributed by atoms with Crippen molar-refractivity contribution in [2.45, 2.75) is 20.0 Å². The molecule has 0 radical (unpaired) electrons. The molecule has 6 nitrogen and oxygen atoms in total. The molecule has 3 rings (SSSR count).